The smallest absolute Gasteiger partial charge is 0.354 e. The fourth-order valence-corrected chi connectivity index (χ4v) is 2.36. The Hall–Kier alpha value is -2.70. The molecule has 0 aromatic carbocycles. The van der Waals surface area contributed by atoms with Crippen molar-refractivity contribution in [1.82, 2.24) is 15.0 Å². The number of carbonyl (C=O) groups is 1. The molecule has 2 aromatic rings. The van der Waals surface area contributed by atoms with Crippen LogP contribution >= 0.6 is 0 Å². The number of aromatic carboxylic acids is 1. The second kappa shape index (κ2) is 5.74. The lowest BCUT2D eigenvalue weighted by Gasteiger charge is -2.17. The fraction of sp³-hybridized carbons (Fsp3) is 0.286. The lowest BCUT2D eigenvalue weighted by Crippen LogP contribution is -2.27. The second-order valence-electron chi connectivity index (χ2n) is 4.83. The van der Waals surface area contributed by atoms with E-state index in [1.807, 2.05) is 18.2 Å². The van der Waals surface area contributed by atoms with E-state index in [9.17, 15) is 4.79 Å². The molecule has 7 nitrogen and oxygen atoms in total. The summed E-state index contributed by atoms with van der Waals surface area (Å²) in [5.41, 5.74) is -0.00733. The highest BCUT2D eigenvalue weighted by molar-refractivity contribution is 5.85. The van der Waals surface area contributed by atoms with Gasteiger partial charge >= 0.3 is 5.97 Å². The average molecular weight is 285 g/mol. The molecule has 108 valence electrons. The minimum atomic E-state index is -1.05. The lowest BCUT2D eigenvalue weighted by atomic mass is 10.3. The van der Waals surface area contributed by atoms with Gasteiger partial charge in [-0.1, -0.05) is 6.07 Å². The lowest BCUT2D eigenvalue weighted by molar-refractivity contribution is 0.0690. The van der Waals surface area contributed by atoms with Crippen LogP contribution in [0.15, 0.2) is 36.7 Å². The molecule has 0 unspecified atom stereocenters. The first-order valence-electron chi connectivity index (χ1n) is 6.71. The number of aromatic nitrogens is 3. The van der Waals surface area contributed by atoms with Gasteiger partial charge in [0.25, 0.3) is 0 Å². The Balaban J connectivity index is 1.65. The number of anilines is 2. The molecule has 0 bridgehead atoms. The quantitative estimate of drug-likeness (QED) is 0.873. The molecule has 1 aliphatic heterocycles. The van der Waals surface area contributed by atoms with Gasteiger partial charge in [-0.05, 0) is 24.6 Å². The number of nitrogens with zero attached hydrogens (tertiary/aromatic N) is 4. The second-order valence-corrected chi connectivity index (χ2v) is 4.83. The van der Waals surface area contributed by atoms with Crippen molar-refractivity contribution in [3.05, 3.63) is 42.4 Å². The number of hydrogen-bond donors (Lipinski definition) is 2. The van der Waals surface area contributed by atoms with Crippen LogP contribution in [-0.2, 0) is 0 Å². The first-order valence-corrected chi connectivity index (χ1v) is 6.71. The Kier molecular flexibility index (Phi) is 3.63. The van der Waals surface area contributed by atoms with Crippen LogP contribution in [0.1, 0.15) is 16.9 Å². The van der Waals surface area contributed by atoms with E-state index in [-0.39, 0.29) is 11.7 Å². The number of carboxylic acid groups (broad SMARTS) is 1. The predicted molar refractivity (Wildman–Crippen MR) is 77.5 cm³/mol. The van der Waals surface area contributed by atoms with E-state index in [1.165, 1.54) is 12.3 Å². The molecule has 21 heavy (non-hydrogen) atoms. The van der Waals surface area contributed by atoms with Gasteiger partial charge in [-0.15, -0.1) is 0 Å². The van der Waals surface area contributed by atoms with Crippen molar-refractivity contribution in [3.8, 4) is 0 Å². The molecule has 0 amide bonds. The molecule has 1 aliphatic rings. The summed E-state index contributed by atoms with van der Waals surface area (Å²) >= 11 is 0. The molecular formula is C14H15N5O2. The van der Waals surface area contributed by atoms with Gasteiger partial charge in [-0.2, -0.15) is 0 Å². The number of carboxylic acids is 1. The first-order chi connectivity index (χ1) is 10.2. The molecule has 1 saturated heterocycles. The number of nitrogens with one attached hydrogen (secondary N) is 1. The highest BCUT2D eigenvalue weighted by Gasteiger charge is 2.24. The van der Waals surface area contributed by atoms with Gasteiger partial charge < -0.3 is 15.3 Å². The number of rotatable bonds is 4. The van der Waals surface area contributed by atoms with E-state index in [2.05, 4.69) is 25.2 Å². The van der Waals surface area contributed by atoms with Crippen molar-refractivity contribution >= 4 is 17.7 Å². The zero-order chi connectivity index (χ0) is 14.7. The summed E-state index contributed by atoms with van der Waals surface area (Å²) < 4.78 is 0. The van der Waals surface area contributed by atoms with Gasteiger partial charge in [0.2, 0.25) is 5.95 Å². The highest BCUT2D eigenvalue weighted by Crippen LogP contribution is 2.19. The summed E-state index contributed by atoms with van der Waals surface area (Å²) in [6, 6.07) is 7.38. The third kappa shape index (κ3) is 3.07. The zero-order valence-electron chi connectivity index (χ0n) is 11.3. The Labute approximate surface area is 121 Å². The van der Waals surface area contributed by atoms with E-state index in [0.717, 1.165) is 25.3 Å². The van der Waals surface area contributed by atoms with Gasteiger partial charge in [0, 0.05) is 31.5 Å². The van der Waals surface area contributed by atoms with E-state index >= 15 is 0 Å². The highest BCUT2D eigenvalue weighted by atomic mass is 16.4. The minimum Gasteiger partial charge on any atom is -0.477 e. The zero-order valence-corrected chi connectivity index (χ0v) is 11.3. The van der Waals surface area contributed by atoms with Gasteiger partial charge in [0.05, 0.1) is 0 Å². The molecular weight excluding hydrogens is 270 g/mol. The van der Waals surface area contributed by atoms with Crippen LogP contribution in [0, 0.1) is 0 Å². The minimum absolute atomic E-state index is 0.00733. The fourth-order valence-electron chi connectivity index (χ4n) is 2.36. The monoisotopic (exact) mass is 285 g/mol. The standard InChI is InChI=1S/C14H15N5O2/c20-13(21)11-4-7-16-14(18-11)17-10-5-8-19(9-10)12-3-1-2-6-15-12/h1-4,6-7,10H,5,8-9H2,(H,20,21)(H,16,17,18)/t10-/m0/s1. The topological polar surface area (TPSA) is 91.2 Å². The molecule has 0 spiro atoms. The van der Waals surface area contributed by atoms with E-state index in [0.29, 0.717) is 5.95 Å². The van der Waals surface area contributed by atoms with Crippen molar-refractivity contribution in [3.63, 3.8) is 0 Å². The molecule has 3 rings (SSSR count). The predicted octanol–water partition coefficient (Wildman–Crippen LogP) is 1.26. The SMILES string of the molecule is O=C(O)c1ccnc(N[C@H]2CCN(c3ccccn3)C2)n1. The first kappa shape index (κ1) is 13.3. The van der Waals surface area contributed by atoms with Crippen molar-refractivity contribution < 1.29 is 9.90 Å². The maximum absolute atomic E-state index is 10.9. The van der Waals surface area contributed by atoms with E-state index in [4.69, 9.17) is 5.11 Å². The van der Waals surface area contributed by atoms with Crippen LogP contribution in [0.25, 0.3) is 0 Å². The van der Waals surface area contributed by atoms with Crippen LogP contribution in [0.3, 0.4) is 0 Å². The molecule has 1 fully saturated rings. The van der Waals surface area contributed by atoms with Gasteiger partial charge in [-0.3, -0.25) is 0 Å². The summed E-state index contributed by atoms with van der Waals surface area (Å²) in [6.45, 7) is 1.69. The maximum atomic E-state index is 10.9. The largest absolute Gasteiger partial charge is 0.477 e. The Morgan fingerprint density at radius 3 is 2.95 bits per heavy atom. The summed E-state index contributed by atoms with van der Waals surface area (Å²) in [6.07, 6.45) is 4.15. The maximum Gasteiger partial charge on any atom is 0.354 e. The molecule has 2 N–H and O–H groups in total. The Morgan fingerprint density at radius 1 is 1.29 bits per heavy atom. The van der Waals surface area contributed by atoms with E-state index < -0.39 is 5.97 Å². The van der Waals surface area contributed by atoms with Crippen molar-refractivity contribution in [2.24, 2.45) is 0 Å². The third-order valence-electron chi connectivity index (χ3n) is 3.37. The number of pyridine rings is 1. The summed E-state index contributed by atoms with van der Waals surface area (Å²) in [4.78, 5) is 25.4. The van der Waals surface area contributed by atoms with Crippen LogP contribution in [-0.4, -0.2) is 45.2 Å². The van der Waals surface area contributed by atoms with Crippen LogP contribution in [0.4, 0.5) is 11.8 Å². The molecule has 1 atom stereocenters. The molecule has 7 heteroatoms. The van der Waals surface area contributed by atoms with Crippen molar-refractivity contribution in [2.75, 3.05) is 23.3 Å². The molecule has 0 radical (unpaired) electrons. The summed E-state index contributed by atoms with van der Waals surface area (Å²) in [5, 5.41) is 12.1. The third-order valence-corrected chi connectivity index (χ3v) is 3.37. The van der Waals surface area contributed by atoms with Gasteiger partial charge in [-0.25, -0.2) is 19.7 Å². The molecule has 0 saturated carbocycles. The molecule has 0 aliphatic carbocycles. The van der Waals surface area contributed by atoms with Crippen molar-refractivity contribution in [1.29, 1.82) is 0 Å². The number of hydrogen-bond acceptors (Lipinski definition) is 6. The normalized spacial score (nSPS) is 17.7. The van der Waals surface area contributed by atoms with E-state index in [1.54, 1.807) is 6.20 Å². The van der Waals surface area contributed by atoms with Crippen LogP contribution in [0.5, 0.6) is 0 Å². The Bertz CT molecular complexity index is 634. The van der Waals surface area contributed by atoms with Crippen LogP contribution < -0.4 is 10.2 Å². The molecule has 3 heterocycles. The summed E-state index contributed by atoms with van der Waals surface area (Å²) in [5.74, 6) is 0.242. The van der Waals surface area contributed by atoms with Crippen molar-refractivity contribution in [2.45, 2.75) is 12.5 Å². The average Bonchev–Trinajstić information content (AvgIpc) is 2.97. The van der Waals surface area contributed by atoms with Crippen LogP contribution in [0.2, 0.25) is 0 Å². The summed E-state index contributed by atoms with van der Waals surface area (Å²) in [7, 11) is 0. The molecule has 2 aromatic heterocycles. The Morgan fingerprint density at radius 2 is 2.19 bits per heavy atom. The van der Waals surface area contributed by atoms with Gasteiger partial charge in [0.15, 0.2) is 5.69 Å². The van der Waals surface area contributed by atoms with Gasteiger partial charge in [0.1, 0.15) is 5.82 Å².